The molecule has 0 bridgehead atoms. The van der Waals surface area contributed by atoms with Crippen molar-refractivity contribution in [1.82, 2.24) is 9.97 Å². The molecule has 2 heterocycles. The van der Waals surface area contributed by atoms with Gasteiger partial charge in [-0.25, -0.2) is 9.97 Å². The van der Waals surface area contributed by atoms with Gasteiger partial charge in [-0.05, 0) is 41.0 Å². The third-order valence-electron chi connectivity index (χ3n) is 1.99. The number of hydrogen-bond donors (Lipinski definition) is 1. The summed E-state index contributed by atoms with van der Waals surface area (Å²) in [6, 6.07) is 4.47. The van der Waals surface area contributed by atoms with Crippen LogP contribution in [0.25, 0.3) is 0 Å². The summed E-state index contributed by atoms with van der Waals surface area (Å²) in [5, 5.41) is 5.45. The topological polar surface area (TPSA) is 37.8 Å². The largest absolute Gasteiger partial charge is 0.362 e. The van der Waals surface area contributed by atoms with Gasteiger partial charge in [0, 0.05) is 11.1 Å². The van der Waals surface area contributed by atoms with Crippen LogP contribution in [0.1, 0.15) is 17.8 Å². The maximum atomic E-state index is 4.20. The Balaban J connectivity index is 2.13. The van der Waals surface area contributed by atoms with E-state index < -0.39 is 0 Å². The first kappa shape index (κ1) is 10.8. The van der Waals surface area contributed by atoms with Gasteiger partial charge in [0.2, 0.25) is 0 Å². The van der Waals surface area contributed by atoms with E-state index in [2.05, 4.69) is 62.3 Å². The monoisotopic (exact) mass is 331 g/mol. The molecule has 1 atom stereocenters. The Kier molecular flexibility index (Phi) is 3.53. The Hall–Kier alpha value is -0.690. The van der Waals surface area contributed by atoms with Crippen LogP contribution in [0, 0.1) is 3.57 Å². The molecule has 3 nitrogen and oxygen atoms in total. The van der Waals surface area contributed by atoms with Crippen LogP contribution in [0.15, 0.2) is 30.0 Å². The second-order valence-corrected chi connectivity index (χ2v) is 5.24. The van der Waals surface area contributed by atoms with E-state index in [1.54, 1.807) is 23.9 Å². The van der Waals surface area contributed by atoms with E-state index in [0.29, 0.717) is 0 Å². The average molecular weight is 331 g/mol. The molecule has 0 fully saturated rings. The molecule has 0 aliphatic carbocycles. The fourth-order valence-corrected chi connectivity index (χ4v) is 2.42. The van der Waals surface area contributed by atoms with E-state index in [0.717, 1.165) is 9.39 Å². The quantitative estimate of drug-likeness (QED) is 0.877. The zero-order valence-electron chi connectivity index (χ0n) is 8.14. The van der Waals surface area contributed by atoms with Gasteiger partial charge in [0.25, 0.3) is 0 Å². The third-order valence-corrected chi connectivity index (χ3v) is 3.84. The summed E-state index contributed by atoms with van der Waals surface area (Å²) in [5.74, 6) is 0.895. The first-order valence-electron chi connectivity index (χ1n) is 4.53. The lowest BCUT2D eigenvalue weighted by molar-refractivity contribution is 0.890. The highest BCUT2D eigenvalue weighted by molar-refractivity contribution is 14.1. The van der Waals surface area contributed by atoms with Gasteiger partial charge in [-0.3, -0.25) is 0 Å². The Bertz CT molecular complexity index is 430. The normalized spacial score (nSPS) is 12.4. The van der Waals surface area contributed by atoms with Gasteiger partial charge in [0.05, 0.1) is 9.61 Å². The number of nitrogens with one attached hydrogen (secondary N) is 1. The van der Waals surface area contributed by atoms with Crippen molar-refractivity contribution < 1.29 is 0 Å². The molecule has 0 radical (unpaired) electrons. The molecule has 0 aromatic carbocycles. The molecule has 78 valence electrons. The molecule has 0 aliphatic rings. The minimum Gasteiger partial charge on any atom is -0.362 e. The molecule has 0 saturated carbocycles. The molecule has 2 aromatic rings. The number of anilines is 1. The molecular formula is C10H10IN3S. The number of hydrogen-bond acceptors (Lipinski definition) is 4. The van der Waals surface area contributed by atoms with Crippen LogP contribution < -0.4 is 5.32 Å². The minimum atomic E-state index is 0.286. The fraction of sp³-hybridized carbons (Fsp3) is 0.200. The standard InChI is InChI=1S/C10H10IN3S/c1-7(9-3-2-4-15-9)14-10-8(11)5-12-6-13-10/h2-7H,1H3,(H,12,13,14). The number of thiophene rings is 1. The molecule has 2 rings (SSSR count). The zero-order chi connectivity index (χ0) is 10.7. The SMILES string of the molecule is CC(Nc1ncncc1I)c1cccs1. The molecule has 15 heavy (non-hydrogen) atoms. The van der Waals surface area contributed by atoms with Crippen molar-refractivity contribution in [3.05, 3.63) is 38.5 Å². The van der Waals surface area contributed by atoms with E-state index in [1.807, 2.05) is 0 Å². The summed E-state index contributed by atoms with van der Waals surface area (Å²) in [6.45, 7) is 2.13. The van der Waals surface area contributed by atoms with Crippen molar-refractivity contribution in [2.75, 3.05) is 5.32 Å². The van der Waals surface area contributed by atoms with Crippen LogP contribution in [0.4, 0.5) is 5.82 Å². The summed E-state index contributed by atoms with van der Waals surface area (Å²) in [5.41, 5.74) is 0. The predicted octanol–water partition coefficient (Wildman–Crippen LogP) is 3.32. The second-order valence-electron chi connectivity index (χ2n) is 3.10. The molecule has 0 spiro atoms. The van der Waals surface area contributed by atoms with Gasteiger partial charge in [0.15, 0.2) is 0 Å². The summed E-state index contributed by atoms with van der Waals surface area (Å²) < 4.78 is 1.04. The predicted molar refractivity (Wildman–Crippen MR) is 71.1 cm³/mol. The Morgan fingerprint density at radius 1 is 1.53 bits per heavy atom. The van der Waals surface area contributed by atoms with E-state index in [-0.39, 0.29) is 6.04 Å². The van der Waals surface area contributed by atoms with Crippen LogP contribution in [0.2, 0.25) is 0 Å². The van der Waals surface area contributed by atoms with Crippen LogP contribution in [0.3, 0.4) is 0 Å². The maximum absolute atomic E-state index is 4.20. The third kappa shape index (κ3) is 2.66. The summed E-state index contributed by atoms with van der Waals surface area (Å²) >= 11 is 3.98. The van der Waals surface area contributed by atoms with Crippen molar-refractivity contribution in [2.45, 2.75) is 13.0 Å². The lowest BCUT2D eigenvalue weighted by Crippen LogP contribution is -2.07. The van der Waals surface area contributed by atoms with Gasteiger partial charge in [-0.15, -0.1) is 11.3 Å². The van der Waals surface area contributed by atoms with Crippen molar-refractivity contribution in [3.8, 4) is 0 Å². The maximum Gasteiger partial charge on any atom is 0.143 e. The first-order chi connectivity index (χ1) is 7.27. The number of aromatic nitrogens is 2. The van der Waals surface area contributed by atoms with Crippen LogP contribution >= 0.6 is 33.9 Å². The molecule has 2 aromatic heterocycles. The molecule has 5 heteroatoms. The van der Waals surface area contributed by atoms with Crippen molar-refractivity contribution in [2.24, 2.45) is 0 Å². The Morgan fingerprint density at radius 2 is 2.40 bits per heavy atom. The van der Waals surface area contributed by atoms with Gasteiger partial charge in [-0.2, -0.15) is 0 Å². The van der Waals surface area contributed by atoms with Crippen LogP contribution in [-0.4, -0.2) is 9.97 Å². The molecule has 0 amide bonds. The number of nitrogens with zero attached hydrogens (tertiary/aromatic N) is 2. The van der Waals surface area contributed by atoms with Gasteiger partial charge < -0.3 is 5.32 Å². The number of halogens is 1. The summed E-state index contributed by atoms with van der Waals surface area (Å²) in [6.07, 6.45) is 3.36. The number of rotatable bonds is 3. The summed E-state index contributed by atoms with van der Waals surface area (Å²) in [7, 11) is 0. The second kappa shape index (κ2) is 4.89. The molecule has 0 saturated heterocycles. The van der Waals surface area contributed by atoms with E-state index >= 15 is 0 Å². The van der Waals surface area contributed by atoms with Gasteiger partial charge >= 0.3 is 0 Å². The molecule has 1 unspecified atom stereocenters. The minimum absolute atomic E-state index is 0.286. The lowest BCUT2D eigenvalue weighted by Gasteiger charge is -2.13. The molecule has 1 N–H and O–H groups in total. The van der Waals surface area contributed by atoms with Crippen LogP contribution in [-0.2, 0) is 0 Å². The highest BCUT2D eigenvalue weighted by Crippen LogP contribution is 2.23. The summed E-state index contributed by atoms with van der Waals surface area (Å²) in [4.78, 5) is 9.47. The smallest absolute Gasteiger partial charge is 0.143 e. The average Bonchev–Trinajstić information content (AvgIpc) is 2.74. The van der Waals surface area contributed by atoms with Crippen molar-refractivity contribution in [3.63, 3.8) is 0 Å². The van der Waals surface area contributed by atoms with Gasteiger partial charge in [0.1, 0.15) is 12.1 Å². The highest BCUT2D eigenvalue weighted by Gasteiger charge is 2.08. The fourth-order valence-electron chi connectivity index (χ4n) is 1.23. The molecular weight excluding hydrogens is 321 g/mol. The first-order valence-corrected chi connectivity index (χ1v) is 6.48. The van der Waals surface area contributed by atoms with Crippen molar-refractivity contribution in [1.29, 1.82) is 0 Å². The van der Waals surface area contributed by atoms with Crippen molar-refractivity contribution >= 4 is 39.7 Å². The Labute approximate surface area is 106 Å². The molecule has 0 aliphatic heterocycles. The van der Waals surface area contributed by atoms with Crippen LogP contribution in [0.5, 0.6) is 0 Å². The van der Waals surface area contributed by atoms with Gasteiger partial charge in [-0.1, -0.05) is 6.07 Å². The van der Waals surface area contributed by atoms with E-state index in [4.69, 9.17) is 0 Å². The zero-order valence-corrected chi connectivity index (χ0v) is 11.1. The van der Waals surface area contributed by atoms with E-state index in [1.165, 1.54) is 4.88 Å². The van der Waals surface area contributed by atoms with E-state index in [9.17, 15) is 0 Å². The Morgan fingerprint density at radius 3 is 3.07 bits per heavy atom. The lowest BCUT2D eigenvalue weighted by atomic mass is 10.3. The highest BCUT2D eigenvalue weighted by atomic mass is 127.